The van der Waals surface area contributed by atoms with Crippen molar-refractivity contribution >= 4 is 46.6 Å². The van der Waals surface area contributed by atoms with E-state index in [1.807, 2.05) is 79.7 Å². The highest BCUT2D eigenvalue weighted by Crippen LogP contribution is 2.56. The molecule has 1 atom stereocenters. The Morgan fingerprint density at radius 3 is 2.43 bits per heavy atom. The monoisotopic (exact) mass is 434 g/mol. The molecule has 30 heavy (non-hydrogen) atoms. The molecule has 2 amide bonds. The second kappa shape index (κ2) is 7.18. The molecule has 0 radical (unpaired) electrons. The van der Waals surface area contributed by atoms with Gasteiger partial charge in [0.2, 0.25) is 10.8 Å². The van der Waals surface area contributed by atoms with Crippen LogP contribution in [0.15, 0.2) is 72.8 Å². The van der Waals surface area contributed by atoms with Crippen LogP contribution in [0.3, 0.4) is 0 Å². The molecule has 0 unspecified atom stereocenters. The van der Waals surface area contributed by atoms with Gasteiger partial charge in [0.05, 0.1) is 18.0 Å². The summed E-state index contributed by atoms with van der Waals surface area (Å²) in [4.78, 5) is 29.3. The lowest BCUT2D eigenvalue weighted by Crippen LogP contribution is -2.49. The average Bonchev–Trinajstić information content (AvgIpc) is 3.22. The van der Waals surface area contributed by atoms with E-state index in [2.05, 4.69) is 0 Å². The van der Waals surface area contributed by atoms with E-state index in [0.717, 1.165) is 28.1 Å². The highest BCUT2D eigenvalue weighted by atomic mass is 35.5. The first kappa shape index (κ1) is 19.2. The van der Waals surface area contributed by atoms with Gasteiger partial charge in [-0.25, -0.2) is 0 Å². The molecule has 4 nitrogen and oxygen atoms in total. The number of rotatable bonds is 3. The number of halogens is 1. The van der Waals surface area contributed by atoms with Crippen molar-refractivity contribution in [2.45, 2.75) is 18.3 Å². The Kier molecular flexibility index (Phi) is 4.60. The molecule has 5 rings (SSSR count). The van der Waals surface area contributed by atoms with E-state index in [-0.39, 0.29) is 17.6 Å². The van der Waals surface area contributed by atoms with Crippen LogP contribution < -0.4 is 9.80 Å². The predicted molar refractivity (Wildman–Crippen MR) is 122 cm³/mol. The smallest absolute Gasteiger partial charge is 0.269 e. The van der Waals surface area contributed by atoms with Gasteiger partial charge in [-0.1, -0.05) is 65.7 Å². The minimum absolute atomic E-state index is 0.0633. The first-order chi connectivity index (χ1) is 14.5. The van der Waals surface area contributed by atoms with Crippen molar-refractivity contribution in [2.24, 2.45) is 0 Å². The van der Waals surface area contributed by atoms with E-state index in [4.69, 9.17) is 11.6 Å². The minimum Gasteiger partial charge on any atom is -0.304 e. The zero-order chi connectivity index (χ0) is 20.9. The number of thioether (sulfide) groups is 1. The van der Waals surface area contributed by atoms with E-state index in [1.54, 1.807) is 9.80 Å². The highest BCUT2D eigenvalue weighted by Gasteiger charge is 2.60. The number of hydrogen-bond donors (Lipinski definition) is 0. The number of fused-ring (bicyclic) bond motifs is 2. The standard InChI is InChI=1S/C24H19ClN2O2S/c1-16-10-12-18(13-11-16)27-22(28)15-30-24(27)19-7-3-5-9-21(19)26(23(24)29)14-17-6-2-4-8-20(17)25/h2-13H,14-15H2,1H3/t24-/m0/s1. The normalized spacial score (nSPS) is 20.3. The van der Waals surface area contributed by atoms with Crippen LogP contribution in [-0.2, 0) is 21.0 Å². The van der Waals surface area contributed by atoms with Crippen molar-refractivity contribution in [3.8, 4) is 0 Å². The zero-order valence-corrected chi connectivity index (χ0v) is 17.9. The summed E-state index contributed by atoms with van der Waals surface area (Å²) in [7, 11) is 0. The van der Waals surface area contributed by atoms with Crippen molar-refractivity contribution in [2.75, 3.05) is 15.6 Å². The molecule has 6 heteroatoms. The summed E-state index contributed by atoms with van der Waals surface area (Å²) in [6.07, 6.45) is 0. The summed E-state index contributed by atoms with van der Waals surface area (Å²) in [6, 6.07) is 23.0. The van der Waals surface area contributed by atoms with Crippen molar-refractivity contribution in [1.82, 2.24) is 0 Å². The second-order valence-corrected chi connectivity index (χ2v) is 9.07. The molecule has 0 bridgehead atoms. The molecule has 1 fully saturated rings. The Morgan fingerprint density at radius 1 is 0.967 bits per heavy atom. The van der Waals surface area contributed by atoms with E-state index >= 15 is 0 Å². The lowest BCUT2D eigenvalue weighted by atomic mass is 10.0. The summed E-state index contributed by atoms with van der Waals surface area (Å²) in [5.74, 6) is 0.0834. The van der Waals surface area contributed by atoms with Crippen LogP contribution in [0.1, 0.15) is 16.7 Å². The maximum Gasteiger partial charge on any atom is 0.269 e. The Balaban J connectivity index is 1.65. The number of amides is 2. The summed E-state index contributed by atoms with van der Waals surface area (Å²) in [5, 5.41) is 0.620. The quantitative estimate of drug-likeness (QED) is 0.574. The van der Waals surface area contributed by atoms with Gasteiger partial charge in [0.15, 0.2) is 0 Å². The second-order valence-electron chi connectivity index (χ2n) is 7.50. The lowest BCUT2D eigenvalue weighted by Gasteiger charge is -2.33. The average molecular weight is 435 g/mol. The van der Waals surface area contributed by atoms with Gasteiger partial charge in [-0.2, -0.15) is 0 Å². The topological polar surface area (TPSA) is 40.6 Å². The highest BCUT2D eigenvalue weighted by molar-refractivity contribution is 8.02. The number of para-hydroxylation sites is 1. The fraction of sp³-hybridized carbons (Fsp3) is 0.167. The van der Waals surface area contributed by atoms with Crippen LogP contribution in [0.4, 0.5) is 11.4 Å². The molecular weight excluding hydrogens is 416 g/mol. The fourth-order valence-electron chi connectivity index (χ4n) is 4.20. The Morgan fingerprint density at radius 2 is 1.67 bits per heavy atom. The van der Waals surface area contributed by atoms with Gasteiger partial charge in [0.1, 0.15) is 0 Å². The minimum atomic E-state index is -1.09. The maximum atomic E-state index is 14.0. The molecule has 150 valence electrons. The van der Waals surface area contributed by atoms with Crippen LogP contribution in [0.2, 0.25) is 5.02 Å². The van der Waals surface area contributed by atoms with Gasteiger partial charge < -0.3 is 4.90 Å². The molecular formula is C24H19ClN2O2S. The van der Waals surface area contributed by atoms with Gasteiger partial charge in [0, 0.05) is 16.3 Å². The van der Waals surface area contributed by atoms with Gasteiger partial charge >= 0.3 is 0 Å². The number of nitrogens with zero attached hydrogens (tertiary/aromatic N) is 2. The molecule has 3 aromatic carbocycles. The molecule has 0 aliphatic carbocycles. The molecule has 2 heterocycles. The summed E-state index contributed by atoms with van der Waals surface area (Å²) >= 11 is 7.77. The molecule has 1 spiro atoms. The van der Waals surface area contributed by atoms with Crippen LogP contribution in [0.5, 0.6) is 0 Å². The third-order valence-electron chi connectivity index (χ3n) is 5.64. The molecule has 0 saturated carbocycles. The Labute approximate surface area is 184 Å². The molecule has 2 aliphatic heterocycles. The molecule has 0 N–H and O–H groups in total. The van der Waals surface area contributed by atoms with Crippen molar-refractivity contribution in [1.29, 1.82) is 0 Å². The van der Waals surface area contributed by atoms with Gasteiger partial charge in [0.25, 0.3) is 5.91 Å². The zero-order valence-electron chi connectivity index (χ0n) is 16.3. The first-order valence-corrected chi connectivity index (χ1v) is 11.1. The number of hydrogen-bond acceptors (Lipinski definition) is 3. The molecule has 0 aromatic heterocycles. The van der Waals surface area contributed by atoms with E-state index < -0.39 is 4.87 Å². The summed E-state index contributed by atoms with van der Waals surface area (Å²) in [6.45, 7) is 2.36. The maximum absolute atomic E-state index is 14.0. The molecule has 3 aromatic rings. The largest absolute Gasteiger partial charge is 0.304 e. The van der Waals surface area contributed by atoms with E-state index in [9.17, 15) is 9.59 Å². The van der Waals surface area contributed by atoms with Gasteiger partial charge in [-0.05, 0) is 36.8 Å². The van der Waals surface area contributed by atoms with Crippen molar-refractivity contribution in [3.63, 3.8) is 0 Å². The predicted octanol–water partition coefficient (Wildman–Crippen LogP) is 5.13. The van der Waals surface area contributed by atoms with Crippen molar-refractivity contribution < 1.29 is 9.59 Å². The number of carbonyl (C=O) groups is 2. The van der Waals surface area contributed by atoms with Crippen LogP contribution in [0.25, 0.3) is 0 Å². The summed E-state index contributed by atoms with van der Waals surface area (Å²) < 4.78 is 0. The van der Waals surface area contributed by atoms with E-state index in [1.165, 1.54) is 11.8 Å². The number of anilines is 2. The first-order valence-electron chi connectivity index (χ1n) is 9.71. The number of aryl methyl sites for hydroxylation is 1. The third kappa shape index (κ3) is 2.76. The lowest BCUT2D eigenvalue weighted by molar-refractivity contribution is -0.123. The Bertz CT molecular complexity index is 1160. The summed E-state index contributed by atoms with van der Waals surface area (Å²) in [5.41, 5.74) is 4.37. The molecule has 2 aliphatic rings. The van der Waals surface area contributed by atoms with Gasteiger partial charge in [-0.3, -0.25) is 14.5 Å². The number of carbonyl (C=O) groups excluding carboxylic acids is 2. The SMILES string of the molecule is Cc1ccc(N2C(=O)CS[C@@]23C(=O)N(Cc2ccccc2Cl)c2ccccc23)cc1. The fourth-order valence-corrected chi connectivity index (χ4v) is 5.76. The number of benzene rings is 3. The van der Waals surface area contributed by atoms with Crippen LogP contribution in [-0.4, -0.2) is 17.6 Å². The van der Waals surface area contributed by atoms with Crippen molar-refractivity contribution in [3.05, 3.63) is 94.5 Å². The van der Waals surface area contributed by atoms with E-state index in [0.29, 0.717) is 11.6 Å². The van der Waals surface area contributed by atoms with Gasteiger partial charge in [-0.15, -0.1) is 11.8 Å². The third-order valence-corrected chi connectivity index (χ3v) is 7.40. The van der Waals surface area contributed by atoms with Crippen LogP contribution >= 0.6 is 23.4 Å². The Hall–Kier alpha value is -2.76. The molecule has 1 saturated heterocycles. The van der Waals surface area contributed by atoms with Crippen LogP contribution in [0, 0.1) is 6.92 Å².